The van der Waals surface area contributed by atoms with Crippen molar-refractivity contribution in [3.8, 4) is 0 Å². The highest BCUT2D eigenvalue weighted by molar-refractivity contribution is 5.44. The summed E-state index contributed by atoms with van der Waals surface area (Å²) in [7, 11) is 0. The molecule has 0 amide bonds. The van der Waals surface area contributed by atoms with Gasteiger partial charge in [0.2, 0.25) is 0 Å². The maximum absolute atomic E-state index is 3.48. The van der Waals surface area contributed by atoms with Crippen LogP contribution in [0, 0.1) is 6.92 Å². The third kappa shape index (κ3) is 3.41. The van der Waals surface area contributed by atoms with E-state index in [1.165, 1.54) is 43.4 Å². The molecule has 86 valence electrons. The van der Waals surface area contributed by atoms with Gasteiger partial charge in [-0.3, -0.25) is 0 Å². The fourth-order valence-electron chi connectivity index (χ4n) is 2.17. The smallest absolute Gasteiger partial charge is 0.0340 e. The molecule has 1 heteroatoms. The Morgan fingerprint density at radius 1 is 1.12 bits per heavy atom. The normalized spacial score (nSPS) is 15.7. The first kappa shape index (κ1) is 11.3. The zero-order valence-corrected chi connectivity index (χ0v) is 10.1. The van der Waals surface area contributed by atoms with E-state index in [9.17, 15) is 0 Å². The van der Waals surface area contributed by atoms with E-state index in [-0.39, 0.29) is 0 Å². The average molecular weight is 215 g/mol. The van der Waals surface area contributed by atoms with Crippen LogP contribution in [0.15, 0.2) is 35.9 Å². The SMILES string of the molecule is Cc1ccc(NCCC2=CCCCC2)cc1. The highest BCUT2D eigenvalue weighted by Gasteiger charge is 2.02. The van der Waals surface area contributed by atoms with Gasteiger partial charge in [-0.2, -0.15) is 0 Å². The van der Waals surface area contributed by atoms with Crippen LogP contribution >= 0.6 is 0 Å². The first-order chi connectivity index (χ1) is 7.84. The fourth-order valence-corrected chi connectivity index (χ4v) is 2.17. The molecular weight excluding hydrogens is 194 g/mol. The largest absolute Gasteiger partial charge is 0.385 e. The summed E-state index contributed by atoms with van der Waals surface area (Å²) in [6.45, 7) is 3.19. The molecule has 0 spiro atoms. The molecule has 0 bridgehead atoms. The van der Waals surface area contributed by atoms with Crippen LogP contribution in [0.25, 0.3) is 0 Å². The summed E-state index contributed by atoms with van der Waals surface area (Å²) in [6.07, 6.45) is 9.01. The van der Waals surface area contributed by atoms with Crippen LogP contribution < -0.4 is 5.32 Å². The van der Waals surface area contributed by atoms with Gasteiger partial charge in [0, 0.05) is 12.2 Å². The summed E-state index contributed by atoms with van der Waals surface area (Å²) in [5.74, 6) is 0. The van der Waals surface area contributed by atoms with Crippen LogP contribution in [0.3, 0.4) is 0 Å². The molecule has 1 nitrogen and oxygen atoms in total. The average Bonchev–Trinajstić information content (AvgIpc) is 2.33. The monoisotopic (exact) mass is 215 g/mol. The Labute approximate surface area is 98.6 Å². The summed E-state index contributed by atoms with van der Waals surface area (Å²) < 4.78 is 0. The van der Waals surface area contributed by atoms with Gasteiger partial charge in [0.15, 0.2) is 0 Å². The second-order valence-electron chi connectivity index (χ2n) is 4.65. The number of rotatable bonds is 4. The molecule has 0 aromatic heterocycles. The number of nitrogens with one attached hydrogen (secondary N) is 1. The number of hydrogen-bond acceptors (Lipinski definition) is 1. The van der Waals surface area contributed by atoms with Gasteiger partial charge in [-0.25, -0.2) is 0 Å². The maximum atomic E-state index is 3.48. The molecule has 0 radical (unpaired) electrons. The topological polar surface area (TPSA) is 12.0 Å². The molecule has 1 aromatic carbocycles. The van der Waals surface area contributed by atoms with Crippen molar-refractivity contribution in [1.29, 1.82) is 0 Å². The predicted octanol–water partition coefficient (Wildman–Crippen LogP) is 4.30. The Balaban J connectivity index is 1.75. The standard InChI is InChI=1S/C15H21N/c1-13-7-9-15(10-8-13)16-12-11-14-5-3-2-4-6-14/h5,7-10,16H,2-4,6,11-12H2,1H3. The minimum atomic E-state index is 1.06. The highest BCUT2D eigenvalue weighted by Crippen LogP contribution is 2.20. The lowest BCUT2D eigenvalue weighted by atomic mass is 9.97. The number of hydrogen-bond donors (Lipinski definition) is 1. The third-order valence-corrected chi connectivity index (χ3v) is 3.21. The van der Waals surface area contributed by atoms with Gasteiger partial charge in [-0.05, 0) is 51.2 Å². The Morgan fingerprint density at radius 2 is 1.94 bits per heavy atom. The van der Waals surface area contributed by atoms with Crippen molar-refractivity contribution in [2.24, 2.45) is 0 Å². The Kier molecular flexibility index (Phi) is 4.03. The summed E-state index contributed by atoms with van der Waals surface area (Å²) in [5, 5.41) is 3.48. The Morgan fingerprint density at radius 3 is 2.62 bits per heavy atom. The lowest BCUT2D eigenvalue weighted by Gasteiger charge is -2.13. The van der Waals surface area contributed by atoms with E-state index in [0.717, 1.165) is 6.54 Å². The van der Waals surface area contributed by atoms with Gasteiger partial charge in [0.05, 0.1) is 0 Å². The van der Waals surface area contributed by atoms with Crippen molar-refractivity contribution in [3.63, 3.8) is 0 Å². The van der Waals surface area contributed by atoms with E-state index >= 15 is 0 Å². The second-order valence-corrected chi connectivity index (χ2v) is 4.65. The van der Waals surface area contributed by atoms with Crippen LogP contribution in [-0.4, -0.2) is 6.54 Å². The van der Waals surface area contributed by atoms with E-state index < -0.39 is 0 Å². The van der Waals surface area contributed by atoms with Crippen molar-refractivity contribution < 1.29 is 0 Å². The summed E-state index contributed by atoms with van der Waals surface area (Å²) in [4.78, 5) is 0. The highest BCUT2D eigenvalue weighted by atomic mass is 14.9. The van der Waals surface area contributed by atoms with Crippen molar-refractivity contribution in [1.82, 2.24) is 0 Å². The predicted molar refractivity (Wildman–Crippen MR) is 70.8 cm³/mol. The van der Waals surface area contributed by atoms with Crippen molar-refractivity contribution in [2.45, 2.75) is 39.0 Å². The van der Waals surface area contributed by atoms with E-state index in [1.54, 1.807) is 5.57 Å². The molecule has 1 aromatic rings. The van der Waals surface area contributed by atoms with Crippen molar-refractivity contribution in [2.75, 3.05) is 11.9 Å². The zero-order chi connectivity index (χ0) is 11.2. The van der Waals surface area contributed by atoms with E-state index in [1.807, 2.05) is 0 Å². The first-order valence-electron chi connectivity index (χ1n) is 6.33. The quantitative estimate of drug-likeness (QED) is 0.738. The molecule has 0 saturated carbocycles. The van der Waals surface area contributed by atoms with Crippen molar-refractivity contribution in [3.05, 3.63) is 41.5 Å². The van der Waals surface area contributed by atoms with Gasteiger partial charge < -0.3 is 5.32 Å². The first-order valence-corrected chi connectivity index (χ1v) is 6.33. The number of benzene rings is 1. The molecule has 1 N–H and O–H groups in total. The molecule has 2 rings (SSSR count). The van der Waals surface area contributed by atoms with Gasteiger partial charge in [0.1, 0.15) is 0 Å². The van der Waals surface area contributed by atoms with E-state index in [0.29, 0.717) is 0 Å². The summed E-state index contributed by atoms with van der Waals surface area (Å²) in [5.41, 5.74) is 4.20. The number of anilines is 1. The lowest BCUT2D eigenvalue weighted by molar-refractivity contribution is 0.679. The minimum absolute atomic E-state index is 1.06. The number of aryl methyl sites for hydroxylation is 1. The van der Waals surface area contributed by atoms with E-state index in [2.05, 4.69) is 42.6 Å². The molecule has 0 fully saturated rings. The molecule has 1 aliphatic rings. The third-order valence-electron chi connectivity index (χ3n) is 3.21. The molecule has 0 unspecified atom stereocenters. The van der Waals surface area contributed by atoms with Gasteiger partial charge >= 0.3 is 0 Å². The molecule has 0 saturated heterocycles. The molecule has 16 heavy (non-hydrogen) atoms. The Hall–Kier alpha value is -1.24. The summed E-state index contributed by atoms with van der Waals surface area (Å²) in [6, 6.07) is 8.62. The Bertz CT molecular complexity index is 348. The van der Waals surface area contributed by atoms with Crippen LogP contribution in [0.1, 0.15) is 37.7 Å². The van der Waals surface area contributed by atoms with Gasteiger partial charge in [0.25, 0.3) is 0 Å². The van der Waals surface area contributed by atoms with Gasteiger partial charge in [-0.1, -0.05) is 29.3 Å². The maximum Gasteiger partial charge on any atom is 0.0340 e. The van der Waals surface area contributed by atoms with Gasteiger partial charge in [-0.15, -0.1) is 0 Å². The van der Waals surface area contributed by atoms with Crippen LogP contribution in [0.4, 0.5) is 5.69 Å². The molecule has 0 aliphatic heterocycles. The van der Waals surface area contributed by atoms with Crippen LogP contribution in [0.5, 0.6) is 0 Å². The zero-order valence-electron chi connectivity index (χ0n) is 10.1. The molecular formula is C15H21N. The fraction of sp³-hybridized carbons (Fsp3) is 0.467. The lowest BCUT2D eigenvalue weighted by Crippen LogP contribution is -2.04. The van der Waals surface area contributed by atoms with E-state index in [4.69, 9.17) is 0 Å². The summed E-state index contributed by atoms with van der Waals surface area (Å²) >= 11 is 0. The molecule has 0 atom stereocenters. The second kappa shape index (κ2) is 5.74. The van der Waals surface area contributed by atoms with Crippen LogP contribution in [0.2, 0.25) is 0 Å². The van der Waals surface area contributed by atoms with Crippen molar-refractivity contribution >= 4 is 5.69 Å². The molecule has 0 heterocycles. The number of allylic oxidation sites excluding steroid dienone is 1. The van der Waals surface area contributed by atoms with Crippen LogP contribution in [-0.2, 0) is 0 Å². The molecule has 1 aliphatic carbocycles. The minimum Gasteiger partial charge on any atom is -0.385 e.